The summed E-state index contributed by atoms with van der Waals surface area (Å²) in [6.07, 6.45) is 7.11. The molecular weight excluding hydrogens is 332 g/mol. The van der Waals surface area contributed by atoms with Crippen LogP contribution in [0.4, 0.5) is 0 Å². The first kappa shape index (κ1) is 19.0. The lowest BCUT2D eigenvalue weighted by Crippen LogP contribution is -2.53. The molecule has 1 aromatic heterocycles. The van der Waals surface area contributed by atoms with Crippen LogP contribution in [0.2, 0.25) is 0 Å². The number of amides is 1. The van der Waals surface area contributed by atoms with Gasteiger partial charge >= 0.3 is 5.97 Å². The van der Waals surface area contributed by atoms with E-state index in [0.29, 0.717) is 37.7 Å². The van der Waals surface area contributed by atoms with Gasteiger partial charge in [-0.25, -0.2) is 0 Å². The largest absolute Gasteiger partial charge is 0.481 e. The number of nitrogens with zero attached hydrogens (tertiary/aromatic N) is 1. The van der Waals surface area contributed by atoms with Crippen molar-refractivity contribution in [1.82, 2.24) is 9.88 Å². The molecule has 1 amide bonds. The van der Waals surface area contributed by atoms with Gasteiger partial charge in [-0.15, -0.1) is 0 Å². The average Bonchev–Trinajstić information content (AvgIpc) is 2.90. The van der Waals surface area contributed by atoms with Crippen molar-refractivity contribution in [2.75, 3.05) is 13.2 Å². The highest BCUT2D eigenvalue weighted by molar-refractivity contribution is 5.96. The molecule has 1 aromatic rings. The molecule has 1 aliphatic carbocycles. The Balaban J connectivity index is 1.81. The van der Waals surface area contributed by atoms with E-state index in [2.05, 4.69) is 16.8 Å². The maximum absolute atomic E-state index is 13.0. The quantitative estimate of drug-likeness (QED) is 0.842. The Morgan fingerprint density at radius 3 is 2.50 bits per heavy atom. The minimum atomic E-state index is -0.889. The van der Waals surface area contributed by atoms with Crippen LogP contribution in [-0.2, 0) is 9.53 Å². The van der Waals surface area contributed by atoms with E-state index in [9.17, 15) is 14.7 Å². The van der Waals surface area contributed by atoms with Gasteiger partial charge in [-0.1, -0.05) is 19.3 Å². The Morgan fingerprint density at radius 1 is 1.23 bits per heavy atom. The number of ether oxygens (including phenoxy) is 1. The fourth-order valence-corrected chi connectivity index (χ4v) is 4.61. The summed E-state index contributed by atoms with van der Waals surface area (Å²) in [5.41, 5.74) is 2.06. The maximum atomic E-state index is 13.0. The fraction of sp³-hybridized carbons (Fsp3) is 0.700. The summed E-state index contributed by atoms with van der Waals surface area (Å²) in [6.45, 7) is 5.02. The number of aromatic nitrogens is 1. The maximum Gasteiger partial charge on any atom is 0.305 e. The zero-order chi connectivity index (χ0) is 18.7. The molecule has 0 atom stereocenters. The highest BCUT2D eigenvalue weighted by atomic mass is 16.5. The van der Waals surface area contributed by atoms with E-state index in [4.69, 9.17) is 4.74 Å². The average molecular weight is 362 g/mol. The van der Waals surface area contributed by atoms with Crippen LogP contribution in [0.1, 0.15) is 79.2 Å². The van der Waals surface area contributed by atoms with Crippen LogP contribution in [0.25, 0.3) is 0 Å². The van der Waals surface area contributed by atoms with Crippen molar-refractivity contribution in [3.8, 4) is 0 Å². The zero-order valence-electron chi connectivity index (χ0n) is 15.8. The van der Waals surface area contributed by atoms with Gasteiger partial charge in [0.25, 0.3) is 5.91 Å². The molecular formula is C20H30N2O4. The van der Waals surface area contributed by atoms with Gasteiger partial charge in [0.05, 0.1) is 17.5 Å². The number of nitrogens with one attached hydrogen (secondary N) is 1. The lowest BCUT2D eigenvalue weighted by molar-refractivity contribution is -0.139. The summed E-state index contributed by atoms with van der Waals surface area (Å²) in [5, 5.41) is 12.3. The van der Waals surface area contributed by atoms with Crippen LogP contribution in [0, 0.1) is 13.8 Å². The van der Waals surface area contributed by atoms with E-state index in [1.165, 1.54) is 19.3 Å². The topological polar surface area (TPSA) is 80.6 Å². The summed E-state index contributed by atoms with van der Waals surface area (Å²) in [6, 6.07) is 2.42. The Bertz CT molecular complexity index is 668. The molecule has 0 aromatic carbocycles. The molecule has 2 heterocycles. The summed E-state index contributed by atoms with van der Waals surface area (Å²) >= 11 is 0. The number of rotatable bonds is 5. The van der Waals surface area contributed by atoms with Crippen molar-refractivity contribution in [3.05, 3.63) is 23.0 Å². The van der Waals surface area contributed by atoms with Gasteiger partial charge < -0.3 is 19.7 Å². The minimum absolute atomic E-state index is 0.0660. The third-order valence-electron chi connectivity index (χ3n) is 5.99. The Kier molecular flexibility index (Phi) is 5.70. The summed E-state index contributed by atoms with van der Waals surface area (Å²) in [5.74, 6) is -1.05. The van der Waals surface area contributed by atoms with Crippen LogP contribution in [0.3, 0.4) is 0 Å². The Hall–Kier alpha value is -1.82. The highest BCUT2D eigenvalue weighted by Crippen LogP contribution is 2.33. The molecule has 144 valence electrons. The second-order valence-electron chi connectivity index (χ2n) is 7.86. The minimum Gasteiger partial charge on any atom is -0.481 e. The van der Waals surface area contributed by atoms with Crippen molar-refractivity contribution in [2.45, 2.75) is 76.8 Å². The lowest BCUT2D eigenvalue weighted by atomic mass is 9.86. The first-order chi connectivity index (χ1) is 12.4. The van der Waals surface area contributed by atoms with Crippen molar-refractivity contribution in [1.29, 1.82) is 0 Å². The first-order valence-electron chi connectivity index (χ1n) is 9.72. The molecule has 1 saturated carbocycles. The fourth-order valence-electron chi connectivity index (χ4n) is 4.61. The van der Waals surface area contributed by atoms with E-state index in [-0.39, 0.29) is 12.3 Å². The van der Waals surface area contributed by atoms with Gasteiger partial charge in [0.2, 0.25) is 0 Å². The number of aliphatic carboxylic acids is 1. The number of carboxylic acid groups (broad SMARTS) is 1. The molecule has 6 nitrogen and oxygen atoms in total. The number of carboxylic acids is 1. The summed E-state index contributed by atoms with van der Waals surface area (Å²) in [7, 11) is 0. The van der Waals surface area contributed by atoms with E-state index >= 15 is 0 Å². The molecule has 3 rings (SSSR count). The molecule has 2 fully saturated rings. The lowest BCUT2D eigenvalue weighted by Gasteiger charge is -2.36. The van der Waals surface area contributed by atoms with Crippen LogP contribution in [-0.4, -0.2) is 40.3 Å². The first-order valence-corrected chi connectivity index (χ1v) is 9.72. The van der Waals surface area contributed by atoms with Crippen molar-refractivity contribution in [3.63, 3.8) is 0 Å². The van der Waals surface area contributed by atoms with E-state index in [1.54, 1.807) is 0 Å². The van der Waals surface area contributed by atoms with Gasteiger partial charge in [-0.05, 0) is 45.6 Å². The molecule has 2 N–H and O–H groups in total. The molecule has 0 radical (unpaired) electrons. The number of hydrogen-bond donors (Lipinski definition) is 2. The second-order valence-corrected chi connectivity index (χ2v) is 7.86. The predicted octanol–water partition coefficient (Wildman–Crippen LogP) is 3.36. The number of carbonyl (C=O) groups excluding carboxylic acids is 1. The number of aryl methyl sites for hydroxylation is 1. The Morgan fingerprint density at radius 2 is 1.88 bits per heavy atom. The third-order valence-corrected chi connectivity index (χ3v) is 5.99. The zero-order valence-corrected chi connectivity index (χ0v) is 15.8. The van der Waals surface area contributed by atoms with Crippen LogP contribution in [0.15, 0.2) is 6.07 Å². The smallest absolute Gasteiger partial charge is 0.305 e. The van der Waals surface area contributed by atoms with Gasteiger partial charge in [-0.2, -0.15) is 0 Å². The third kappa shape index (κ3) is 3.95. The van der Waals surface area contributed by atoms with Crippen molar-refractivity contribution in [2.24, 2.45) is 0 Å². The van der Waals surface area contributed by atoms with Crippen molar-refractivity contribution >= 4 is 11.9 Å². The van der Waals surface area contributed by atoms with E-state index < -0.39 is 11.5 Å². The normalized spacial score (nSPS) is 20.7. The van der Waals surface area contributed by atoms with E-state index in [0.717, 1.165) is 24.2 Å². The standard InChI is InChI=1S/C20H30N2O4/c1-14-12-17(15(2)22(14)16-6-4-3-5-7-16)19(25)21-20(13-18(23)24)8-10-26-11-9-20/h12,16H,3-11,13H2,1-2H3,(H,21,25)(H,23,24). The van der Waals surface area contributed by atoms with Crippen LogP contribution in [0.5, 0.6) is 0 Å². The summed E-state index contributed by atoms with van der Waals surface area (Å²) in [4.78, 5) is 24.3. The molecule has 0 spiro atoms. The number of hydrogen-bond acceptors (Lipinski definition) is 3. The summed E-state index contributed by atoms with van der Waals surface area (Å²) < 4.78 is 7.68. The monoisotopic (exact) mass is 362 g/mol. The molecule has 0 bridgehead atoms. The number of carbonyl (C=O) groups is 2. The van der Waals surface area contributed by atoms with Crippen LogP contribution < -0.4 is 5.32 Å². The molecule has 6 heteroatoms. The van der Waals surface area contributed by atoms with Gasteiger partial charge in [-0.3, -0.25) is 9.59 Å². The highest BCUT2D eigenvalue weighted by Gasteiger charge is 2.37. The SMILES string of the molecule is Cc1cc(C(=O)NC2(CC(=O)O)CCOCC2)c(C)n1C1CCCCC1. The van der Waals surface area contributed by atoms with Gasteiger partial charge in [0, 0.05) is 30.6 Å². The van der Waals surface area contributed by atoms with Gasteiger partial charge in [0.15, 0.2) is 0 Å². The predicted molar refractivity (Wildman–Crippen MR) is 98.5 cm³/mol. The molecule has 2 aliphatic rings. The molecule has 0 unspecified atom stereocenters. The molecule has 1 aliphatic heterocycles. The van der Waals surface area contributed by atoms with E-state index in [1.807, 2.05) is 13.0 Å². The second kappa shape index (κ2) is 7.82. The van der Waals surface area contributed by atoms with Crippen LogP contribution >= 0.6 is 0 Å². The molecule has 1 saturated heterocycles. The van der Waals surface area contributed by atoms with Crippen molar-refractivity contribution < 1.29 is 19.4 Å². The van der Waals surface area contributed by atoms with Gasteiger partial charge in [0.1, 0.15) is 0 Å². The molecule has 26 heavy (non-hydrogen) atoms. The Labute approximate surface area is 154 Å².